The quantitative estimate of drug-likeness (QED) is 0.876. The van der Waals surface area contributed by atoms with Crippen LogP contribution in [0.5, 0.6) is 0 Å². The van der Waals surface area contributed by atoms with Crippen LogP contribution >= 0.6 is 27.3 Å². The third-order valence-corrected chi connectivity index (χ3v) is 7.33. The highest BCUT2D eigenvalue weighted by Gasteiger charge is 2.28. The Morgan fingerprint density at radius 3 is 2.67 bits per heavy atom. The molecule has 0 aromatic carbocycles. The summed E-state index contributed by atoms with van der Waals surface area (Å²) in [7, 11) is -3.44. The molecule has 0 aliphatic heterocycles. The maximum atomic E-state index is 12.2. The van der Waals surface area contributed by atoms with E-state index in [4.69, 9.17) is 5.73 Å². The van der Waals surface area contributed by atoms with Crippen LogP contribution in [0, 0.1) is 6.92 Å². The van der Waals surface area contributed by atoms with Gasteiger partial charge in [0.05, 0.1) is 3.79 Å². The smallest absolute Gasteiger partial charge is 0.250 e. The van der Waals surface area contributed by atoms with Crippen LogP contribution in [-0.4, -0.2) is 20.5 Å². The second kappa shape index (κ2) is 5.58. The lowest BCUT2D eigenvalue weighted by atomic mass is 9.92. The number of aryl methyl sites for hydroxylation is 1. The minimum absolute atomic E-state index is 0.0713. The number of hydrogen-bond acceptors (Lipinski definition) is 4. The zero-order valence-corrected chi connectivity index (χ0v) is 13.4. The van der Waals surface area contributed by atoms with Crippen molar-refractivity contribution in [3.63, 3.8) is 0 Å². The molecule has 0 bridgehead atoms. The van der Waals surface area contributed by atoms with Crippen molar-refractivity contribution in [2.45, 2.75) is 48.9 Å². The first kappa shape index (κ1) is 14.5. The summed E-state index contributed by atoms with van der Waals surface area (Å²) in [5, 5.41) is 0. The molecular weight excluding hydrogens is 336 g/mol. The predicted molar refractivity (Wildman–Crippen MR) is 77.3 cm³/mol. The summed E-state index contributed by atoms with van der Waals surface area (Å²) in [6.45, 7) is 1.88. The molecular formula is C11H17BrN2O2S2. The van der Waals surface area contributed by atoms with E-state index in [1.54, 1.807) is 6.07 Å². The fourth-order valence-corrected chi connectivity index (χ4v) is 5.69. The van der Waals surface area contributed by atoms with Crippen LogP contribution in [0.1, 0.15) is 31.2 Å². The van der Waals surface area contributed by atoms with Crippen molar-refractivity contribution in [1.82, 2.24) is 4.72 Å². The molecule has 1 aliphatic rings. The van der Waals surface area contributed by atoms with Gasteiger partial charge in [0.1, 0.15) is 4.21 Å². The third-order valence-electron chi connectivity index (χ3n) is 3.23. The van der Waals surface area contributed by atoms with E-state index in [0.717, 1.165) is 35.0 Å². The van der Waals surface area contributed by atoms with Gasteiger partial charge in [-0.25, -0.2) is 13.1 Å². The van der Waals surface area contributed by atoms with E-state index in [9.17, 15) is 8.42 Å². The Kier molecular flexibility index (Phi) is 4.48. The molecule has 1 aromatic rings. The number of rotatable bonds is 3. The highest BCUT2D eigenvalue weighted by Crippen LogP contribution is 2.31. The van der Waals surface area contributed by atoms with Crippen LogP contribution in [0.15, 0.2) is 14.1 Å². The normalized spacial score (nSPS) is 25.3. The zero-order valence-electron chi connectivity index (χ0n) is 10.1. The molecule has 18 heavy (non-hydrogen) atoms. The first-order valence-corrected chi connectivity index (χ1v) is 9.03. The minimum Gasteiger partial charge on any atom is -0.326 e. The predicted octanol–water partition coefficient (Wildman–Crippen LogP) is 2.37. The molecule has 1 saturated carbocycles. The Bertz CT molecular complexity index is 508. The molecule has 0 unspecified atom stereocenters. The molecule has 7 heteroatoms. The van der Waals surface area contributed by atoms with E-state index in [-0.39, 0.29) is 12.1 Å². The van der Waals surface area contributed by atoms with E-state index < -0.39 is 10.0 Å². The van der Waals surface area contributed by atoms with Crippen molar-refractivity contribution >= 4 is 37.3 Å². The number of thiophene rings is 1. The van der Waals surface area contributed by atoms with Gasteiger partial charge >= 0.3 is 0 Å². The Labute approximate surface area is 120 Å². The lowest BCUT2D eigenvalue weighted by molar-refractivity contribution is 0.361. The summed E-state index contributed by atoms with van der Waals surface area (Å²) in [4.78, 5) is 0. The number of halogens is 1. The van der Waals surface area contributed by atoms with Crippen molar-refractivity contribution in [2.24, 2.45) is 5.73 Å². The van der Waals surface area contributed by atoms with Crippen LogP contribution in [0.25, 0.3) is 0 Å². The van der Waals surface area contributed by atoms with E-state index in [2.05, 4.69) is 20.7 Å². The van der Waals surface area contributed by atoms with Crippen molar-refractivity contribution in [2.75, 3.05) is 0 Å². The maximum absolute atomic E-state index is 12.2. The molecule has 102 valence electrons. The number of sulfonamides is 1. The van der Waals surface area contributed by atoms with Crippen LogP contribution in [0.3, 0.4) is 0 Å². The highest BCUT2D eigenvalue weighted by molar-refractivity contribution is 9.11. The fourth-order valence-electron chi connectivity index (χ4n) is 2.13. The standard InChI is InChI=1S/C11H17BrN2O2S2/c1-7-6-10(17-11(7)12)18(15,16)14-9-5-3-2-4-8(9)13/h6,8-9,14H,2-5,13H2,1H3/t8-,9-/m1/s1. The number of nitrogens with two attached hydrogens (primary N) is 1. The summed E-state index contributed by atoms with van der Waals surface area (Å²) >= 11 is 4.58. The molecule has 1 fully saturated rings. The average Bonchev–Trinajstić information content (AvgIpc) is 2.63. The molecule has 3 N–H and O–H groups in total. The van der Waals surface area contributed by atoms with Crippen molar-refractivity contribution in [1.29, 1.82) is 0 Å². The van der Waals surface area contributed by atoms with E-state index in [1.807, 2.05) is 6.92 Å². The lowest BCUT2D eigenvalue weighted by Crippen LogP contribution is -2.49. The van der Waals surface area contributed by atoms with Gasteiger partial charge in [-0.15, -0.1) is 11.3 Å². The van der Waals surface area contributed by atoms with Gasteiger partial charge in [-0.05, 0) is 47.3 Å². The molecule has 0 radical (unpaired) electrons. The molecule has 1 aromatic heterocycles. The molecule has 0 spiro atoms. The van der Waals surface area contributed by atoms with Gasteiger partial charge in [0.15, 0.2) is 0 Å². The van der Waals surface area contributed by atoms with Gasteiger partial charge in [-0.3, -0.25) is 0 Å². The Morgan fingerprint density at radius 2 is 2.11 bits per heavy atom. The molecule has 2 atom stereocenters. The van der Waals surface area contributed by atoms with Crippen molar-refractivity contribution in [3.05, 3.63) is 15.4 Å². The molecule has 4 nitrogen and oxygen atoms in total. The maximum Gasteiger partial charge on any atom is 0.250 e. The van der Waals surface area contributed by atoms with Crippen LogP contribution in [0.4, 0.5) is 0 Å². The second-order valence-electron chi connectivity index (χ2n) is 4.70. The average molecular weight is 353 g/mol. The van der Waals surface area contributed by atoms with Crippen LogP contribution < -0.4 is 10.5 Å². The highest BCUT2D eigenvalue weighted by atomic mass is 79.9. The fraction of sp³-hybridized carbons (Fsp3) is 0.636. The van der Waals surface area contributed by atoms with E-state index in [0.29, 0.717) is 4.21 Å². The summed E-state index contributed by atoms with van der Waals surface area (Å²) in [6.07, 6.45) is 3.84. The van der Waals surface area contributed by atoms with E-state index >= 15 is 0 Å². The summed E-state index contributed by atoms with van der Waals surface area (Å²) < 4.78 is 28.4. The van der Waals surface area contributed by atoms with Gasteiger partial charge in [-0.2, -0.15) is 0 Å². The van der Waals surface area contributed by atoms with Gasteiger partial charge < -0.3 is 5.73 Å². The Morgan fingerprint density at radius 1 is 1.44 bits per heavy atom. The molecule has 0 amide bonds. The zero-order chi connectivity index (χ0) is 13.3. The molecule has 0 saturated heterocycles. The first-order chi connectivity index (χ1) is 8.40. The third kappa shape index (κ3) is 3.14. The summed E-state index contributed by atoms with van der Waals surface area (Å²) in [6, 6.07) is 1.48. The molecule has 2 rings (SSSR count). The Balaban J connectivity index is 2.16. The van der Waals surface area contributed by atoms with Gasteiger partial charge in [0, 0.05) is 12.1 Å². The monoisotopic (exact) mass is 352 g/mol. The second-order valence-corrected chi connectivity index (χ2v) is 9.01. The molecule has 1 heterocycles. The first-order valence-electron chi connectivity index (χ1n) is 5.94. The van der Waals surface area contributed by atoms with Crippen molar-refractivity contribution < 1.29 is 8.42 Å². The SMILES string of the molecule is Cc1cc(S(=O)(=O)N[C@@H]2CCCC[C@H]2N)sc1Br. The van der Waals surface area contributed by atoms with Crippen molar-refractivity contribution in [3.8, 4) is 0 Å². The number of nitrogens with one attached hydrogen (secondary N) is 1. The summed E-state index contributed by atoms with van der Waals surface area (Å²) in [5.41, 5.74) is 6.90. The lowest BCUT2D eigenvalue weighted by Gasteiger charge is -2.28. The van der Waals surface area contributed by atoms with Gasteiger partial charge in [0.2, 0.25) is 10.0 Å². The number of hydrogen-bond donors (Lipinski definition) is 2. The van der Waals surface area contributed by atoms with Gasteiger partial charge in [-0.1, -0.05) is 12.8 Å². The largest absolute Gasteiger partial charge is 0.326 e. The molecule has 1 aliphatic carbocycles. The van der Waals surface area contributed by atoms with Crippen LogP contribution in [-0.2, 0) is 10.0 Å². The topological polar surface area (TPSA) is 72.2 Å². The summed E-state index contributed by atoms with van der Waals surface area (Å²) in [5.74, 6) is 0. The van der Waals surface area contributed by atoms with E-state index in [1.165, 1.54) is 11.3 Å². The van der Waals surface area contributed by atoms with Gasteiger partial charge in [0.25, 0.3) is 0 Å². The minimum atomic E-state index is -3.44. The van der Waals surface area contributed by atoms with Crippen LogP contribution in [0.2, 0.25) is 0 Å². The Hall–Kier alpha value is 0.0500.